The van der Waals surface area contributed by atoms with Crippen LogP contribution in [0, 0.1) is 0 Å². The van der Waals surface area contributed by atoms with E-state index in [2.05, 4.69) is 15.4 Å². The normalized spacial score (nSPS) is 10.2. The summed E-state index contributed by atoms with van der Waals surface area (Å²) in [7, 11) is 1.47. The summed E-state index contributed by atoms with van der Waals surface area (Å²) >= 11 is 0. The van der Waals surface area contributed by atoms with Crippen LogP contribution < -0.4 is 5.32 Å². The number of amides is 1. The first kappa shape index (κ1) is 11.3. The minimum atomic E-state index is -0.215. The van der Waals surface area contributed by atoms with Crippen molar-refractivity contribution in [2.75, 3.05) is 19.0 Å². The number of rotatable bonds is 4. The Morgan fingerprint density at radius 3 is 3.12 bits per heavy atom. The van der Waals surface area contributed by atoms with E-state index in [4.69, 9.17) is 4.74 Å². The molecule has 0 aromatic carbocycles. The predicted octanol–water partition coefficient (Wildman–Crippen LogP) is 0.852. The van der Waals surface area contributed by atoms with Gasteiger partial charge in [0.1, 0.15) is 6.61 Å². The van der Waals surface area contributed by atoms with Gasteiger partial charge in [-0.1, -0.05) is 6.07 Å². The zero-order valence-corrected chi connectivity index (χ0v) is 9.33. The molecule has 0 saturated heterocycles. The molecule has 88 valence electrons. The second-order valence-corrected chi connectivity index (χ2v) is 3.34. The molecule has 0 unspecified atom stereocenters. The molecule has 0 saturated carbocycles. The predicted molar refractivity (Wildman–Crippen MR) is 61.9 cm³/mol. The van der Waals surface area contributed by atoms with E-state index in [1.165, 1.54) is 7.11 Å². The third kappa shape index (κ3) is 2.88. The number of aromatic nitrogens is 3. The van der Waals surface area contributed by atoms with Crippen molar-refractivity contribution in [3.05, 3.63) is 36.8 Å². The number of nitrogens with zero attached hydrogens (tertiary/aromatic N) is 3. The van der Waals surface area contributed by atoms with Gasteiger partial charge in [-0.15, -0.1) is 0 Å². The van der Waals surface area contributed by atoms with Gasteiger partial charge in [-0.05, 0) is 12.1 Å². The highest BCUT2D eigenvalue weighted by Gasteiger charge is 2.05. The van der Waals surface area contributed by atoms with Gasteiger partial charge in [0.15, 0.2) is 5.82 Å². The molecule has 2 rings (SSSR count). The highest BCUT2D eigenvalue weighted by atomic mass is 16.5. The summed E-state index contributed by atoms with van der Waals surface area (Å²) in [6.07, 6.45) is 4.93. The van der Waals surface area contributed by atoms with Crippen molar-refractivity contribution in [2.45, 2.75) is 0 Å². The average molecular weight is 232 g/mol. The van der Waals surface area contributed by atoms with Gasteiger partial charge < -0.3 is 10.1 Å². The summed E-state index contributed by atoms with van der Waals surface area (Å²) < 4.78 is 6.30. The van der Waals surface area contributed by atoms with Crippen LogP contribution in [0.1, 0.15) is 0 Å². The number of carbonyl (C=O) groups excluding carboxylic acids is 1. The third-order valence-corrected chi connectivity index (χ3v) is 2.03. The van der Waals surface area contributed by atoms with Gasteiger partial charge in [-0.25, -0.2) is 9.67 Å². The van der Waals surface area contributed by atoms with Crippen molar-refractivity contribution in [1.82, 2.24) is 14.8 Å². The summed E-state index contributed by atoms with van der Waals surface area (Å²) in [5.41, 5.74) is 0.609. The van der Waals surface area contributed by atoms with E-state index in [9.17, 15) is 4.79 Å². The van der Waals surface area contributed by atoms with Gasteiger partial charge in [0.25, 0.3) is 0 Å². The molecular formula is C11H12N4O2. The second kappa shape index (κ2) is 5.22. The molecule has 0 aliphatic carbocycles. The quantitative estimate of drug-likeness (QED) is 0.848. The minimum absolute atomic E-state index is 0.0226. The molecule has 2 aromatic rings. The molecule has 6 nitrogen and oxygen atoms in total. The number of methoxy groups -OCH3 is 1. The number of anilines is 1. The molecule has 1 amide bonds. The zero-order valence-electron chi connectivity index (χ0n) is 9.33. The molecule has 17 heavy (non-hydrogen) atoms. The Labute approximate surface area is 98.2 Å². The smallest absolute Gasteiger partial charge is 0.250 e. The molecule has 0 atom stereocenters. The van der Waals surface area contributed by atoms with Crippen molar-refractivity contribution in [3.8, 4) is 5.82 Å². The van der Waals surface area contributed by atoms with E-state index >= 15 is 0 Å². The van der Waals surface area contributed by atoms with Crippen molar-refractivity contribution in [2.24, 2.45) is 0 Å². The van der Waals surface area contributed by atoms with Gasteiger partial charge >= 0.3 is 0 Å². The molecule has 2 aromatic heterocycles. The Hall–Kier alpha value is -2.21. The van der Waals surface area contributed by atoms with Gasteiger partial charge in [-0.3, -0.25) is 4.79 Å². The second-order valence-electron chi connectivity index (χ2n) is 3.34. The van der Waals surface area contributed by atoms with Crippen LogP contribution in [0.3, 0.4) is 0 Å². The Morgan fingerprint density at radius 1 is 1.53 bits per heavy atom. The maximum Gasteiger partial charge on any atom is 0.250 e. The number of ether oxygens (including phenoxy) is 1. The topological polar surface area (TPSA) is 69.0 Å². The van der Waals surface area contributed by atoms with Crippen molar-refractivity contribution < 1.29 is 9.53 Å². The molecule has 1 N–H and O–H groups in total. The van der Waals surface area contributed by atoms with Crippen LogP contribution in [0.15, 0.2) is 36.8 Å². The maximum absolute atomic E-state index is 11.3. The van der Waals surface area contributed by atoms with E-state index < -0.39 is 0 Å². The number of nitrogens with one attached hydrogen (secondary N) is 1. The largest absolute Gasteiger partial charge is 0.375 e. The highest BCUT2D eigenvalue weighted by Crippen LogP contribution is 2.08. The van der Waals surface area contributed by atoms with Crippen molar-refractivity contribution >= 4 is 11.6 Å². The fraction of sp³-hybridized carbons (Fsp3) is 0.182. The molecule has 0 aliphatic heterocycles. The summed E-state index contributed by atoms with van der Waals surface area (Å²) in [6.45, 7) is 0.0226. The lowest BCUT2D eigenvalue weighted by Crippen LogP contribution is -2.16. The van der Waals surface area contributed by atoms with Crippen LogP contribution in [-0.4, -0.2) is 34.4 Å². The molecule has 2 heterocycles. The van der Waals surface area contributed by atoms with E-state index in [0.717, 1.165) is 0 Å². The first-order valence-corrected chi connectivity index (χ1v) is 5.04. The van der Waals surface area contributed by atoms with Crippen LogP contribution in [0.2, 0.25) is 0 Å². The average Bonchev–Trinajstić information content (AvgIpc) is 2.79. The fourth-order valence-corrected chi connectivity index (χ4v) is 1.33. The Balaban J connectivity index is 2.09. The van der Waals surface area contributed by atoms with Crippen molar-refractivity contribution in [1.29, 1.82) is 0 Å². The fourth-order valence-electron chi connectivity index (χ4n) is 1.33. The van der Waals surface area contributed by atoms with Gasteiger partial charge in [0, 0.05) is 13.3 Å². The minimum Gasteiger partial charge on any atom is -0.375 e. The molecule has 0 spiro atoms. The lowest BCUT2D eigenvalue weighted by atomic mass is 10.4. The van der Waals surface area contributed by atoms with Crippen LogP contribution >= 0.6 is 0 Å². The lowest BCUT2D eigenvalue weighted by molar-refractivity contribution is -0.119. The lowest BCUT2D eigenvalue weighted by Gasteiger charge is -2.00. The first-order valence-electron chi connectivity index (χ1n) is 5.04. The first-order chi connectivity index (χ1) is 8.29. The standard InChI is InChI=1S/C11H12N4O2/c1-17-8-11(16)14-9-6-13-15(7-9)10-4-2-3-5-12-10/h2-7H,8H2,1H3,(H,14,16). The van der Waals surface area contributed by atoms with Gasteiger partial charge in [0.05, 0.1) is 18.1 Å². The van der Waals surface area contributed by atoms with Crippen LogP contribution in [0.25, 0.3) is 5.82 Å². The molecular weight excluding hydrogens is 220 g/mol. The van der Waals surface area contributed by atoms with E-state index in [0.29, 0.717) is 11.5 Å². The van der Waals surface area contributed by atoms with Crippen LogP contribution in [0.5, 0.6) is 0 Å². The maximum atomic E-state index is 11.3. The number of pyridine rings is 1. The van der Waals surface area contributed by atoms with E-state index in [-0.39, 0.29) is 12.5 Å². The molecule has 0 bridgehead atoms. The van der Waals surface area contributed by atoms with Crippen molar-refractivity contribution in [3.63, 3.8) is 0 Å². The Kier molecular flexibility index (Phi) is 3.46. The van der Waals surface area contributed by atoms with Crippen LogP contribution in [0.4, 0.5) is 5.69 Å². The summed E-state index contributed by atoms with van der Waals surface area (Å²) in [5, 5.41) is 6.76. The van der Waals surface area contributed by atoms with Gasteiger partial charge in [0.2, 0.25) is 5.91 Å². The number of hydrogen-bond acceptors (Lipinski definition) is 4. The van der Waals surface area contributed by atoms with Gasteiger partial charge in [-0.2, -0.15) is 5.10 Å². The number of hydrogen-bond donors (Lipinski definition) is 1. The highest BCUT2D eigenvalue weighted by molar-refractivity contribution is 5.91. The van der Waals surface area contributed by atoms with Crippen LogP contribution in [-0.2, 0) is 9.53 Å². The monoisotopic (exact) mass is 232 g/mol. The zero-order chi connectivity index (χ0) is 12.1. The molecule has 0 fully saturated rings. The SMILES string of the molecule is COCC(=O)Nc1cnn(-c2ccccn2)c1. The van der Waals surface area contributed by atoms with E-state index in [1.807, 2.05) is 18.2 Å². The Bertz CT molecular complexity index is 495. The molecule has 6 heteroatoms. The third-order valence-electron chi connectivity index (χ3n) is 2.03. The summed E-state index contributed by atoms with van der Waals surface area (Å²) in [5.74, 6) is 0.479. The number of carbonyl (C=O) groups is 1. The molecule has 0 radical (unpaired) electrons. The molecule has 0 aliphatic rings. The summed E-state index contributed by atoms with van der Waals surface area (Å²) in [4.78, 5) is 15.4. The Morgan fingerprint density at radius 2 is 2.41 bits per heavy atom. The van der Waals surface area contributed by atoms with E-state index in [1.54, 1.807) is 23.3 Å². The summed E-state index contributed by atoms with van der Waals surface area (Å²) in [6, 6.07) is 5.52.